The zero-order chi connectivity index (χ0) is 22.3. The quantitative estimate of drug-likeness (QED) is 0.597. The molecule has 0 saturated carbocycles. The zero-order valence-corrected chi connectivity index (χ0v) is 16.1. The third kappa shape index (κ3) is 3.99. The highest BCUT2D eigenvalue weighted by molar-refractivity contribution is 6.02. The van der Waals surface area contributed by atoms with E-state index in [1.165, 1.54) is 32.2 Å². The van der Waals surface area contributed by atoms with E-state index in [1.807, 2.05) is 0 Å². The lowest BCUT2D eigenvalue weighted by Crippen LogP contribution is -2.29. The van der Waals surface area contributed by atoms with Crippen LogP contribution < -0.4 is 0 Å². The Kier molecular flexibility index (Phi) is 5.29. The molecule has 0 radical (unpaired) electrons. The van der Waals surface area contributed by atoms with Crippen LogP contribution in [0.4, 0.5) is 13.2 Å². The summed E-state index contributed by atoms with van der Waals surface area (Å²) in [6.07, 6.45) is -2.76. The van der Waals surface area contributed by atoms with Gasteiger partial charge in [-0.05, 0) is 26.0 Å². The van der Waals surface area contributed by atoms with Crippen LogP contribution in [0.2, 0.25) is 0 Å². The Morgan fingerprint density at radius 3 is 2.57 bits per heavy atom. The molecule has 0 unspecified atom stereocenters. The third-order valence-electron chi connectivity index (χ3n) is 4.01. The minimum absolute atomic E-state index is 0.0367. The van der Waals surface area contributed by atoms with Crippen molar-refractivity contribution in [3.63, 3.8) is 0 Å². The number of nitrogens with zero attached hydrogens (tertiary/aromatic N) is 4. The van der Waals surface area contributed by atoms with Gasteiger partial charge in [0, 0.05) is 6.20 Å². The lowest BCUT2D eigenvalue weighted by Gasteiger charge is -2.20. The summed E-state index contributed by atoms with van der Waals surface area (Å²) in [4.78, 5) is 16.1. The van der Waals surface area contributed by atoms with Crippen LogP contribution in [0.15, 0.2) is 29.0 Å². The molecular weight excluding hydrogens is 409 g/mol. The molecule has 30 heavy (non-hydrogen) atoms. The predicted octanol–water partition coefficient (Wildman–Crippen LogP) is 2.88. The van der Waals surface area contributed by atoms with Gasteiger partial charge in [-0.3, -0.25) is 4.68 Å². The predicted molar refractivity (Wildman–Crippen MR) is 95.3 cm³/mol. The number of aromatic nitrogens is 4. The maximum Gasteiger partial charge on any atom is 0.433 e. The molecule has 0 aliphatic carbocycles. The summed E-state index contributed by atoms with van der Waals surface area (Å²) in [5.74, 6) is -2.08. The van der Waals surface area contributed by atoms with Crippen LogP contribution in [0.3, 0.4) is 0 Å². The van der Waals surface area contributed by atoms with Crippen LogP contribution in [-0.2, 0) is 17.5 Å². The molecule has 0 bridgehead atoms. The number of hydrogen-bond acceptors (Lipinski definition) is 8. The number of halogens is 3. The molecule has 0 aliphatic heterocycles. The van der Waals surface area contributed by atoms with Crippen molar-refractivity contribution in [2.45, 2.75) is 32.2 Å². The van der Waals surface area contributed by atoms with E-state index in [0.29, 0.717) is 4.68 Å². The van der Waals surface area contributed by atoms with Crippen molar-refractivity contribution >= 4 is 5.97 Å². The number of rotatable bonds is 5. The van der Waals surface area contributed by atoms with Gasteiger partial charge >= 0.3 is 12.1 Å². The minimum atomic E-state index is -4.89. The smallest absolute Gasteiger partial charge is 0.433 e. The molecule has 3 rings (SSSR count). The molecule has 2 N–H and O–H groups in total. The summed E-state index contributed by atoms with van der Waals surface area (Å²) in [6.45, 7) is 2.18. The lowest BCUT2D eigenvalue weighted by molar-refractivity contribution is -0.144. The number of carbonyl (C=O) groups excluding carboxylic acids is 1. The number of esters is 1. The van der Waals surface area contributed by atoms with Gasteiger partial charge in [0.05, 0.1) is 36.6 Å². The molecule has 0 saturated heterocycles. The number of hydrogen-bond donors (Lipinski definition) is 2. The highest BCUT2D eigenvalue weighted by atomic mass is 19.4. The van der Waals surface area contributed by atoms with Crippen molar-refractivity contribution in [3.05, 3.63) is 35.8 Å². The summed E-state index contributed by atoms with van der Waals surface area (Å²) >= 11 is 0. The number of aliphatic hydroxyl groups is 1. The van der Waals surface area contributed by atoms with E-state index in [4.69, 9.17) is 4.52 Å². The SMILES string of the molecule is COC(=O)c1c(-c2cccnc2O)noc1-c1cnn(CC(C)(C)O)c1C(F)(F)F. The Hall–Kier alpha value is -3.41. The standard InChI is InChI=1S/C18H17F3N4O5/c1-17(2,28)8-25-14(18(19,20)21)10(7-23-25)13-11(16(27)29-3)12(24-30-13)9-5-4-6-22-15(9)26/h4-7,28H,8H2,1-3H3,(H,22,26). The maximum absolute atomic E-state index is 13.8. The van der Waals surface area contributed by atoms with E-state index < -0.39 is 52.8 Å². The third-order valence-corrected chi connectivity index (χ3v) is 4.01. The topological polar surface area (TPSA) is 124 Å². The lowest BCUT2D eigenvalue weighted by atomic mass is 10.0. The number of ether oxygens (including phenoxy) is 1. The first-order chi connectivity index (χ1) is 13.9. The van der Waals surface area contributed by atoms with E-state index in [9.17, 15) is 28.2 Å². The Morgan fingerprint density at radius 2 is 2.00 bits per heavy atom. The van der Waals surface area contributed by atoms with Crippen molar-refractivity contribution in [2.75, 3.05) is 7.11 Å². The summed E-state index contributed by atoms with van der Waals surface area (Å²) < 4.78 is 51.9. The van der Waals surface area contributed by atoms with Crippen molar-refractivity contribution < 1.29 is 37.4 Å². The second-order valence-corrected chi connectivity index (χ2v) is 6.98. The Morgan fingerprint density at radius 1 is 1.30 bits per heavy atom. The number of pyridine rings is 1. The highest BCUT2D eigenvalue weighted by Crippen LogP contribution is 2.42. The molecule has 3 heterocycles. The van der Waals surface area contributed by atoms with E-state index >= 15 is 0 Å². The summed E-state index contributed by atoms with van der Waals surface area (Å²) in [5.41, 5.74) is -4.03. The molecule has 0 spiro atoms. The van der Waals surface area contributed by atoms with Crippen LogP contribution in [0, 0.1) is 0 Å². The average molecular weight is 426 g/mol. The summed E-state index contributed by atoms with van der Waals surface area (Å²) in [5, 5.41) is 27.3. The van der Waals surface area contributed by atoms with E-state index in [2.05, 4.69) is 20.0 Å². The second kappa shape index (κ2) is 7.44. The largest absolute Gasteiger partial charge is 0.493 e. The Balaban J connectivity index is 2.27. The molecule has 0 amide bonds. The van der Waals surface area contributed by atoms with Gasteiger partial charge in [0.15, 0.2) is 11.5 Å². The van der Waals surface area contributed by atoms with E-state index in [1.54, 1.807) is 0 Å². The van der Waals surface area contributed by atoms with E-state index in [0.717, 1.165) is 13.3 Å². The molecule has 12 heteroatoms. The Labute approximate surface area is 167 Å². The molecule has 3 aromatic rings. The molecule has 0 atom stereocenters. The zero-order valence-electron chi connectivity index (χ0n) is 16.1. The Bertz CT molecular complexity index is 1080. The van der Waals surface area contributed by atoms with Crippen LogP contribution in [0.1, 0.15) is 29.9 Å². The monoisotopic (exact) mass is 426 g/mol. The number of aromatic hydroxyl groups is 1. The average Bonchev–Trinajstić information content (AvgIpc) is 3.23. The number of carbonyl (C=O) groups is 1. The van der Waals surface area contributed by atoms with E-state index in [-0.39, 0.29) is 11.3 Å². The molecule has 0 aromatic carbocycles. The van der Waals surface area contributed by atoms with Gasteiger partial charge in [0.1, 0.15) is 11.3 Å². The van der Waals surface area contributed by atoms with Crippen LogP contribution >= 0.6 is 0 Å². The van der Waals surface area contributed by atoms with Crippen molar-refractivity contribution in [1.29, 1.82) is 0 Å². The normalized spacial score (nSPS) is 12.2. The van der Waals surface area contributed by atoms with Crippen molar-refractivity contribution in [2.24, 2.45) is 0 Å². The molecule has 3 aromatic heterocycles. The molecule has 160 valence electrons. The first-order valence-corrected chi connectivity index (χ1v) is 8.52. The fraction of sp³-hybridized carbons (Fsp3) is 0.333. The highest BCUT2D eigenvalue weighted by Gasteiger charge is 2.42. The van der Waals surface area contributed by atoms with Gasteiger partial charge in [-0.2, -0.15) is 18.3 Å². The van der Waals surface area contributed by atoms with Gasteiger partial charge in [-0.25, -0.2) is 9.78 Å². The summed E-state index contributed by atoms with van der Waals surface area (Å²) in [7, 11) is 1.04. The van der Waals surface area contributed by atoms with Gasteiger partial charge in [-0.15, -0.1) is 0 Å². The fourth-order valence-electron chi connectivity index (χ4n) is 2.87. The fourth-order valence-corrected chi connectivity index (χ4v) is 2.87. The van der Waals surface area contributed by atoms with Crippen molar-refractivity contribution in [1.82, 2.24) is 19.9 Å². The van der Waals surface area contributed by atoms with Gasteiger partial charge < -0.3 is 19.5 Å². The van der Waals surface area contributed by atoms with Gasteiger partial charge in [0.25, 0.3) is 0 Å². The molecule has 9 nitrogen and oxygen atoms in total. The molecule has 0 aliphatic rings. The minimum Gasteiger partial charge on any atom is -0.493 e. The molecule has 0 fully saturated rings. The second-order valence-electron chi connectivity index (χ2n) is 6.98. The van der Waals surface area contributed by atoms with Gasteiger partial charge in [-0.1, -0.05) is 5.16 Å². The van der Waals surface area contributed by atoms with Crippen LogP contribution in [0.25, 0.3) is 22.6 Å². The first-order valence-electron chi connectivity index (χ1n) is 8.52. The van der Waals surface area contributed by atoms with Crippen LogP contribution in [-0.4, -0.2) is 48.8 Å². The maximum atomic E-state index is 13.8. The van der Waals surface area contributed by atoms with Crippen molar-refractivity contribution in [3.8, 4) is 28.5 Å². The number of methoxy groups -OCH3 is 1. The first kappa shape index (κ1) is 21.3. The number of alkyl halides is 3. The van der Waals surface area contributed by atoms with Gasteiger partial charge in [0.2, 0.25) is 5.88 Å². The molecular formula is C18H17F3N4O5. The van der Waals surface area contributed by atoms with Crippen LogP contribution in [0.5, 0.6) is 5.88 Å². The summed E-state index contributed by atoms with van der Waals surface area (Å²) in [6, 6.07) is 2.80.